The van der Waals surface area contributed by atoms with Crippen LogP contribution in [-0.2, 0) is 17.8 Å². The molecule has 0 radical (unpaired) electrons. The zero-order valence-electron chi connectivity index (χ0n) is 23.3. The molecular formula is C30H43ClN6O3. The lowest BCUT2D eigenvalue weighted by Gasteiger charge is -2.48. The minimum atomic E-state index is -0.967. The van der Waals surface area contributed by atoms with Crippen molar-refractivity contribution in [1.82, 2.24) is 30.3 Å². The van der Waals surface area contributed by atoms with Crippen molar-refractivity contribution in [3.8, 4) is 0 Å². The molecule has 0 bridgehead atoms. The fraction of sp³-hybridized carbons (Fsp3) is 0.667. The molecule has 3 aliphatic rings. The SMILES string of the molecule is O=C(O)N[C@H]1CC[C@@H](N[C@H](Cc2ccc(Cl)cc2)C(=O)N2CCC(Cn3cncn3)(C3CCCCC3)CC2)CC1. The van der Waals surface area contributed by atoms with Gasteiger partial charge in [-0.1, -0.05) is 43.0 Å². The van der Waals surface area contributed by atoms with E-state index >= 15 is 0 Å². The molecule has 1 aromatic heterocycles. The van der Waals surface area contributed by atoms with Gasteiger partial charge in [0, 0.05) is 36.7 Å². The maximum Gasteiger partial charge on any atom is 0.404 e. The Balaban J connectivity index is 1.26. The van der Waals surface area contributed by atoms with E-state index in [1.54, 1.807) is 6.33 Å². The zero-order chi connectivity index (χ0) is 28.0. The van der Waals surface area contributed by atoms with Gasteiger partial charge >= 0.3 is 6.09 Å². The highest BCUT2D eigenvalue weighted by Crippen LogP contribution is 2.47. The Hall–Kier alpha value is -2.65. The van der Waals surface area contributed by atoms with Crippen molar-refractivity contribution in [2.75, 3.05) is 13.1 Å². The molecule has 1 saturated heterocycles. The minimum absolute atomic E-state index is 0.0130. The van der Waals surface area contributed by atoms with Crippen LogP contribution in [-0.4, -0.2) is 68.0 Å². The number of amides is 2. The van der Waals surface area contributed by atoms with Crippen LogP contribution in [0.4, 0.5) is 4.79 Å². The van der Waals surface area contributed by atoms with E-state index in [1.807, 2.05) is 35.3 Å². The lowest BCUT2D eigenvalue weighted by atomic mass is 9.63. The van der Waals surface area contributed by atoms with Crippen molar-refractivity contribution in [2.24, 2.45) is 11.3 Å². The average molecular weight is 571 g/mol. The van der Waals surface area contributed by atoms with Crippen LogP contribution in [0, 0.1) is 11.3 Å². The van der Waals surface area contributed by atoms with Crippen LogP contribution < -0.4 is 10.6 Å². The number of nitrogens with one attached hydrogen (secondary N) is 2. The molecule has 40 heavy (non-hydrogen) atoms. The number of likely N-dealkylation sites (tertiary alicyclic amines) is 1. The van der Waals surface area contributed by atoms with Crippen LogP contribution in [0.25, 0.3) is 0 Å². The molecule has 2 aliphatic carbocycles. The molecule has 3 N–H and O–H groups in total. The highest BCUT2D eigenvalue weighted by molar-refractivity contribution is 6.30. The first-order valence-electron chi connectivity index (χ1n) is 15.0. The van der Waals surface area contributed by atoms with Gasteiger partial charge in [-0.2, -0.15) is 5.10 Å². The number of carbonyl (C=O) groups is 2. The molecule has 9 nitrogen and oxygen atoms in total. The summed E-state index contributed by atoms with van der Waals surface area (Å²) in [7, 11) is 0. The predicted molar refractivity (Wildman–Crippen MR) is 154 cm³/mol. The quantitative estimate of drug-likeness (QED) is 0.395. The number of carbonyl (C=O) groups excluding carboxylic acids is 1. The molecule has 1 aliphatic heterocycles. The van der Waals surface area contributed by atoms with Crippen molar-refractivity contribution < 1.29 is 14.7 Å². The maximum absolute atomic E-state index is 14.1. The van der Waals surface area contributed by atoms with Crippen LogP contribution in [0.3, 0.4) is 0 Å². The molecule has 5 rings (SSSR count). The standard InChI is InChI=1S/C30H43ClN6O3/c31-24-8-6-22(7-9-24)18-27(34-25-10-12-26(13-11-25)35-29(39)40)28(38)36-16-14-30(15-17-36,19-37-21-32-20-33-37)23-4-2-1-3-5-23/h6-9,20-21,23,25-27,34-35H,1-5,10-19H2,(H,39,40)/t25-,26+,27-/m1/s1. The minimum Gasteiger partial charge on any atom is -0.465 e. The number of hydrogen-bond acceptors (Lipinski definition) is 5. The van der Waals surface area contributed by atoms with E-state index in [2.05, 4.69) is 25.6 Å². The van der Waals surface area contributed by atoms with Crippen molar-refractivity contribution >= 4 is 23.6 Å². The van der Waals surface area contributed by atoms with Gasteiger partial charge in [-0.3, -0.25) is 9.48 Å². The lowest BCUT2D eigenvalue weighted by Crippen LogP contribution is -2.56. The number of hydrogen-bond donors (Lipinski definition) is 3. The Morgan fingerprint density at radius 3 is 2.30 bits per heavy atom. The second-order valence-corrected chi connectivity index (χ2v) is 12.6. The molecule has 2 aromatic rings. The highest BCUT2D eigenvalue weighted by atomic mass is 35.5. The van der Waals surface area contributed by atoms with Crippen LogP contribution >= 0.6 is 11.6 Å². The van der Waals surface area contributed by atoms with Gasteiger partial charge in [-0.25, -0.2) is 9.78 Å². The number of benzene rings is 1. The normalized spacial score (nSPS) is 24.4. The van der Waals surface area contributed by atoms with E-state index in [0.29, 0.717) is 17.4 Å². The first-order chi connectivity index (χ1) is 19.4. The molecule has 1 atom stereocenters. The van der Waals surface area contributed by atoms with Gasteiger partial charge in [0.1, 0.15) is 12.7 Å². The van der Waals surface area contributed by atoms with E-state index in [1.165, 1.54) is 32.1 Å². The molecule has 0 unspecified atom stereocenters. The smallest absolute Gasteiger partial charge is 0.404 e. The van der Waals surface area contributed by atoms with Gasteiger partial charge in [0.15, 0.2) is 0 Å². The van der Waals surface area contributed by atoms with E-state index in [4.69, 9.17) is 16.7 Å². The van der Waals surface area contributed by atoms with E-state index in [-0.39, 0.29) is 29.4 Å². The third-order valence-corrected chi connectivity index (χ3v) is 9.88. The Morgan fingerprint density at radius 2 is 1.68 bits per heavy atom. The van der Waals surface area contributed by atoms with Crippen LogP contribution in [0.1, 0.15) is 76.2 Å². The van der Waals surface area contributed by atoms with Gasteiger partial charge in [-0.15, -0.1) is 0 Å². The first kappa shape index (κ1) is 28.9. The Kier molecular flexibility index (Phi) is 9.63. The van der Waals surface area contributed by atoms with Crippen molar-refractivity contribution in [3.63, 3.8) is 0 Å². The summed E-state index contributed by atoms with van der Waals surface area (Å²) in [4.78, 5) is 31.4. The molecule has 3 fully saturated rings. The number of piperidine rings is 1. The molecule has 218 valence electrons. The van der Waals surface area contributed by atoms with Gasteiger partial charge in [-0.05, 0) is 86.8 Å². The molecule has 0 spiro atoms. The third-order valence-electron chi connectivity index (χ3n) is 9.63. The van der Waals surface area contributed by atoms with Crippen LogP contribution in [0.2, 0.25) is 5.02 Å². The van der Waals surface area contributed by atoms with E-state index in [0.717, 1.165) is 63.7 Å². The number of halogens is 1. The van der Waals surface area contributed by atoms with Gasteiger partial charge in [0.25, 0.3) is 0 Å². The number of aromatic nitrogens is 3. The van der Waals surface area contributed by atoms with Crippen LogP contribution in [0.15, 0.2) is 36.9 Å². The molecule has 2 saturated carbocycles. The van der Waals surface area contributed by atoms with Crippen molar-refractivity contribution in [2.45, 2.75) is 102 Å². The summed E-state index contributed by atoms with van der Waals surface area (Å²) < 4.78 is 1.99. The monoisotopic (exact) mass is 570 g/mol. The summed E-state index contributed by atoms with van der Waals surface area (Å²) in [6.45, 7) is 2.40. The molecule has 1 aromatic carbocycles. The highest BCUT2D eigenvalue weighted by Gasteiger charge is 2.44. The molecule has 2 amide bonds. The zero-order valence-corrected chi connectivity index (χ0v) is 24.1. The molecular weight excluding hydrogens is 528 g/mol. The lowest BCUT2D eigenvalue weighted by molar-refractivity contribution is -0.137. The second kappa shape index (κ2) is 13.3. The van der Waals surface area contributed by atoms with Gasteiger partial charge in [0.05, 0.1) is 6.04 Å². The number of nitrogens with zero attached hydrogens (tertiary/aromatic N) is 4. The largest absolute Gasteiger partial charge is 0.465 e. The maximum atomic E-state index is 14.1. The Labute approximate surface area is 242 Å². The summed E-state index contributed by atoms with van der Waals surface area (Å²) in [5.41, 5.74) is 1.23. The molecule has 10 heteroatoms. The second-order valence-electron chi connectivity index (χ2n) is 12.2. The average Bonchev–Trinajstić information content (AvgIpc) is 3.48. The summed E-state index contributed by atoms with van der Waals surface area (Å²) in [5, 5.41) is 20.5. The fourth-order valence-corrected chi connectivity index (χ4v) is 7.50. The first-order valence-corrected chi connectivity index (χ1v) is 15.4. The Morgan fingerprint density at radius 1 is 1.00 bits per heavy atom. The van der Waals surface area contributed by atoms with Gasteiger partial charge in [0.2, 0.25) is 5.91 Å². The third kappa shape index (κ3) is 7.35. The summed E-state index contributed by atoms with van der Waals surface area (Å²) in [5.74, 6) is 0.832. The summed E-state index contributed by atoms with van der Waals surface area (Å²) >= 11 is 6.13. The van der Waals surface area contributed by atoms with E-state index in [9.17, 15) is 9.59 Å². The Bertz CT molecular complexity index is 1090. The number of carboxylic acid groups (broad SMARTS) is 1. The van der Waals surface area contributed by atoms with Gasteiger partial charge < -0.3 is 20.6 Å². The summed E-state index contributed by atoms with van der Waals surface area (Å²) in [6.07, 6.45) is 14.8. The fourth-order valence-electron chi connectivity index (χ4n) is 7.38. The van der Waals surface area contributed by atoms with Crippen molar-refractivity contribution in [1.29, 1.82) is 0 Å². The number of rotatable bonds is 9. The van der Waals surface area contributed by atoms with Crippen LogP contribution in [0.5, 0.6) is 0 Å². The van der Waals surface area contributed by atoms with Crippen molar-refractivity contribution in [3.05, 3.63) is 47.5 Å². The summed E-state index contributed by atoms with van der Waals surface area (Å²) in [6, 6.07) is 7.61. The topological polar surface area (TPSA) is 112 Å². The van der Waals surface area contributed by atoms with E-state index < -0.39 is 6.09 Å². The predicted octanol–water partition coefficient (Wildman–Crippen LogP) is 4.90. The molecule has 2 heterocycles.